The third-order valence-corrected chi connectivity index (χ3v) is 2.77. The number of alkyl halides is 2. The fourth-order valence-corrected chi connectivity index (χ4v) is 1.02. The molecular formula is C7H8Cl2. The summed E-state index contributed by atoms with van der Waals surface area (Å²) in [6, 6.07) is 0. The summed E-state index contributed by atoms with van der Waals surface area (Å²) in [6.07, 6.45) is 3.88. The molecule has 0 saturated heterocycles. The fraction of sp³-hybridized carbons (Fsp3) is 0.429. The van der Waals surface area contributed by atoms with E-state index in [0.717, 1.165) is 11.1 Å². The summed E-state index contributed by atoms with van der Waals surface area (Å²) in [4.78, 5) is 0. The third-order valence-electron chi connectivity index (χ3n) is 1.57. The summed E-state index contributed by atoms with van der Waals surface area (Å²) in [5, 5.41) is 0. The topological polar surface area (TPSA) is 0 Å². The molecule has 0 fully saturated rings. The zero-order valence-corrected chi connectivity index (χ0v) is 6.92. The van der Waals surface area contributed by atoms with Crippen molar-refractivity contribution in [2.24, 2.45) is 0 Å². The van der Waals surface area contributed by atoms with Crippen LogP contribution in [0.1, 0.15) is 13.8 Å². The van der Waals surface area contributed by atoms with Gasteiger partial charge in [-0.3, -0.25) is 0 Å². The Morgan fingerprint density at radius 3 is 1.56 bits per heavy atom. The molecule has 0 nitrogen and oxygen atoms in total. The Labute approximate surface area is 65.2 Å². The van der Waals surface area contributed by atoms with Gasteiger partial charge in [-0.2, -0.15) is 0 Å². The lowest BCUT2D eigenvalue weighted by atomic mass is 10.2. The van der Waals surface area contributed by atoms with E-state index in [1.165, 1.54) is 0 Å². The summed E-state index contributed by atoms with van der Waals surface area (Å²) < 4.78 is -0.722. The maximum Gasteiger partial charge on any atom is 0.160 e. The van der Waals surface area contributed by atoms with E-state index in [4.69, 9.17) is 23.2 Å². The van der Waals surface area contributed by atoms with Crippen molar-refractivity contribution in [3.05, 3.63) is 23.3 Å². The second kappa shape index (κ2) is 2.03. The molecule has 0 spiro atoms. The van der Waals surface area contributed by atoms with Gasteiger partial charge in [-0.1, -0.05) is 35.4 Å². The molecular weight excluding hydrogens is 155 g/mol. The lowest BCUT2D eigenvalue weighted by Crippen LogP contribution is -2.11. The van der Waals surface area contributed by atoms with E-state index in [1.807, 2.05) is 26.0 Å². The maximum atomic E-state index is 5.90. The molecule has 1 aliphatic carbocycles. The average Bonchev–Trinajstić information content (AvgIpc) is 1.96. The lowest BCUT2D eigenvalue weighted by Gasteiger charge is -2.15. The highest BCUT2D eigenvalue weighted by molar-refractivity contribution is 6.52. The number of allylic oxidation sites excluding steroid dienone is 4. The van der Waals surface area contributed by atoms with Crippen LogP contribution >= 0.6 is 23.2 Å². The average molecular weight is 163 g/mol. The summed E-state index contributed by atoms with van der Waals surface area (Å²) in [7, 11) is 0. The van der Waals surface area contributed by atoms with Gasteiger partial charge < -0.3 is 0 Å². The van der Waals surface area contributed by atoms with E-state index >= 15 is 0 Å². The minimum absolute atomic E-state index is 0.722. The molecule has 0 aromatic rings. The molecule has 0 aromatic heterocycles. The summed E-state index contributed by atoms with van der Waals surface area (Å²) in [5.74, 6) is 0. The quantitative estimate of drug-likeness (QED) is 0.481. The molecule has 0 atom stereocenters. The fourth-order valence-electron chi connectivity index (χ4n) is 0.770. The van der Waals surface area contributed by atoms with Crippen LogP contribution in [0.25, 0.3) is 0 Å². The Hall–Kier alpha value is 0.0600. The molecule has 9 heavy (non-hydrogen) atoms. The Morgan fingerprint density at radius 2 is 1.44 bits per heavy atom. The van der Waals surface area contributed by atoms with Crippen LogP contribution < -0.4 is 0 Å². The molecule has 0 bridgehead atoms. The van der Waals surface area contributed by atoms with Gasteiger partial charge >= 0.3 is 0 Å². The zero-order valence-electron chi connectivity index (χ0n) is 5.41. The summed E-state index contributed by atoms with van der Waals surface area (Å²) >= 11 is 11.8. The van der Waals surface area contributed by atoms with Crippen LogP contribution in [0.3, 0.4) is 0 Å². The molecule has 0 amide bonds. The molecule has 1 rings (SSSR count). The highest BCUT2D eigenvalue weighted by Crippen LogP contribution is 2.40. The predicted molar refractivity (Wildman–Crippen MR) is 42.0 cm³/mol. The largest absolute Gasteiger partial charge is 0.160 e. The molecule has 0 heterocycles. The number of halogens is 2. The van der Waals surface area contributed by atoms with Gasteiger partial charge in [0.05, 0.1) is 0 Å². The van der Waals surface area contributed by atoms with E-state index < -0.39 is 4.33 Å². The molecule has 0 unspecified atom stereocenters. The minimum atomic E-state index is -0.722. The Kier molecular flexibility index (Phi) is 1.62. The first-order valence-corrected chi connectivity index (χ1v) is 3.54. The van der Waals surface area contributed by atoms with Crippen LogP contribution in [0.4, 0.5) is 0 Å². The van der Waals surface area contributed by atoms with Crippen LogP contribution in [-0.2, 0) is 0 Å². The molecule has 0 aliphatic heterocycles. The van der Waals surface area contributed by atoms with Crippen molar-refractivity contribution in [1.82, 2.24) is 0 Å². The molecule has 2 heteroatoms. The molecule has 0 saturated carbocycles. The third kappa shape index (κ3) is 1.02. The van der Waals surface area contributed by atoms with Crippen molar-refractivity contribution in [2.75, 3.05) is 0 Å². The van der Waals surface area contributed by atoms with Crippen LogP contribution in [0.15, 0.2) is 23.3 Å². The monoisotopic (exact) mass is 162 g/mol. The highest BCUT2D eigenvalue weighted by atomic mass is 35.5. The van der Waals surface area contributed by atoms with E-state index in [1.54, 1.807) is 0 Å². The van der Waals surface area contributed by atoms with Gasteiger partial charge in [-0.25, -0.2) is 0 Å². The number of hydrogen-bond acceptors (Lipinski definition) is 0. The predicted octanol–water partition coefficient (Wildman–Crippen LogP) is 3.07. The standard InChI is InChI=1S/C7H8Cl2/c1-5-3-4-6(2)7(5,8)9/h3-4H,1-2H3. The van der Waals surface area contributed by atoms with Crippen molar-refractivity contribution in [1.29, 1.82) is 0 Å². The molecule has 0 N–H and O–H groups in total. The first-order chi connectivity index (χ1) is 4.05. The van der Waals surface area contributed by atoms with Crippen molar-refractivity contribution >= 4 is 23.2 Å². The Balaban J connectivity index is 2.96. The Bertz CT molecular complexity index is 167. The lowest BCUT2D eigenvalue weighted by molar-refractivity contribution is 1.07. The van der Waals surface area contributed by atoms with Gasteiger partial charge in [0, 0.05) is 0 Å². The van der Waals surface area contributed by atoms with Gasteiger partial charge in [0.1, 0.15) is 0 Å². The van der Waals surface area contributed by atoms with Gasteiger partial charge in [0.25, 0.3) is 0 Å². The van der Waals surface area contributed by atoms with Gasteiger partial charge in [0.15, 0.2) is 4.33 Å². The Morgan fingerprint density at radius 1 is 1.11 bits per heavy atom. The van der Waals surface area contributed by atoms with Gasteiger partial charge in [0.2, 0.25) is 0 Å². The van der Waals surface area contributed by atoms with Crippen molar-refractivity contribution in [3.63, 3.8) is 0 Å². The SMILES string of the molecule is CC1=CC=C(C)C1(Cl)Cl. The normalized spacial score (nSPS) is 23.6. The van der Waals surface area contributed by atoms with Crippen LogP contribution in [0, 0.1) is 0 Å². The highest BCUT2D eigenvalue weighted by Gasteiger charge is 2.30. The van der Waals surface area contributed by atoms with Crippen molar-refractivity contribution in [3.8, 4) is 0 Å². The molecule has 0 aromatic carbocycles. The van der Waals surface area contributed by atoms with Crippen molar-refractivity contribution in [2.45, 2.75) is 18.2 Å². The van der Waals surface area contributed by atoms with Crippen LogP contribution in [-0.4, -0.2) is 4.33 Å². The first kappa shape index (κ1) is 7.17. The van der Waals surface area contributed by atoms with Gasteiger partial charge in [-0.05, 0) is 25.0 Å². The smallest absolute Gasteiger partial charge is 0.0917 e. The number of rotatable bonds is 0. The van der Waals surface area contributed by atoms with Crippen LogP contribution in [0.5, 0.6) is 0 Å². The van der Waals surface area contributed by atoms with Crippen LogP contribution in [0.2, 0.25) is 0 Å². The van der Waals surface area contributed by atoms with Crippen molar-refractivity contribution < 1.29 is 0 Å². The molecule has 1 aliphatic rings. The summed E-state index contributed by atoms with van der Waals surface area (Å²) in [5.41, 5.74) is 2.01. The van der Waals surface area contributed by atoms with Gasteiger partial charge in [-0.15, -0.1) is 0 Å². The second-order valence-corrected chi connectivity index (χ2v) is 3.60. The van der Waals surface area contributed by atoms with E-state index in [-0.39, 0.29) is 0 Å². The maximum absolute atomic E-state index is 5.90. The minimum Gasteiger partial charge on any atom is -0.0917 e. The molecule has 0 radical (unpaired) electrons. The zero-order chi connectivity index (χ0) is 7.07. The molecule has 50 valence electrons. The van der Waals surface area contributed by atoms with E-state index in [2.05, 4.69) is 0 Å². The van der Waals surface area contributed by atoms with E-state index in [9.17, 15) is 0 Å². The number of hydrogen-bond donors (Lipinski definition) is 0. The summed E-state index contributed by atoms with van der Waals surface area (Å²) in [6.45, 7) is 3.85. The first-order valence-electron chi connectivity index (χ1n) is 2.79. The van der Waals surface area contributed by atoms with E-state index in [0.29, 0.717) is 0 Å². The second-order valence-electron chi connectivity index (χ2n) is 2.27.